The number of nitrogens with two attached hydrogens (primary N) is 1. The lowest BCUT2D eigenvalue weighted by molar-refractivity contribution is 0.100. The van der Waals surface area contributed by atoms with E-state index in [1.54, 1.807) is 12.1 Å². The SMILES string of the molecule is Cc1c(Cl)ccc(C(N)=O)c1-c1ccccc1. The third kappa shape index (κ3) is 2.17. The van der Waals surface area contributed by atoms with E-state index in [1.807, 2.05) is 37.3 Å². The fourth-order valence-corrected chi connectivity index (χ4v) is 2.03. The molecule has 2 aromatic rings. The highest BCUT2D eigenvalue weighted by Crippen LogP contribution is 2.31. The molecule has 0 heterocycles. The quantitative estimate of drug-likeness (QED) is 0.866. The van der Waals surface area contributed by atoms with Crippen LogP contribution in [0.5, 0.6) is 0 Å². The van der Waals surface area contributed by atoms with Crippen molar-refractivity contribution in [3.8, 4) is 11.1 Å². The second-order valence-corrected chi connectivity index (χ2v) is 4.23. The number of carbonyl (C=O) groups excluding carboxylic acids is 1. The molecule has 0 bridgehead atoms. The first kappa shape index (κ1) is 11.7. The molecule has 0 aliphatic heterocycles. The minimum atomic E-state index is -0.441. The van der Waals surface area contributed by atoms with E-state index < -0.39 is 5.91 Å². The molecule has 0 fully saturated rings. The predicted octanol–water partition coefficient (Wildman–Crippen LogP) is 3.41. The number of amides is 1. The molecule has 0 aromatic heterocycles. The summed E-state index contributed by atoms with van der Waals surface area (Å²) < 4.78 is 0. The van der Waals surface area contributed by atoms with Gasteiger partial charge in [0.05, 0.1) is 0 Å². The number of rotatable bonds is 2. The highest BCUT2D eigenvalue weighted by Gasteiger charge is 2.14. The van der Waals surface area contributed by atoms with Gasteiger partial charge in [0.25, 0.3) is 0 Å². The minimum Gasteiger partial charge on any atom is -0.366 e. The van der Waals surface area contributed by atoms with Crippen molar-refractivity contribution in [1.29, 1.82) is 0 Å². The standard InChI is InChI=1S/C14H12ClNO/c1-9-12(15)8-7-11(14(16)17)13(9)10-5-3-2-4-6-10/h2-8H,1H3,(H2,16,17). The molecule has 2 N–H and O–H groups in total. The zero-order valence-electron chi connectivity index (χ0n) is 9.41. The Morgan fingerprint density at radius 1 is 1.12 bits per heavy atom. The monoisotopic (exact) mass is 245 g/mol. The van der Waals surface area contributed by atoms with Crippen molar-refractivity contribution in [1.82, 2.24) is 0 Å². The minimum absolute atomic E-state index is 0.441. The number of primary amides is 1. The van der Waals surface area contributed by atoms with Crippen LogP contribution in [0.2, 0.25) is 5.02 Å². The third-order valence-electron chi connectivity index (χ3n) is 2.73. The largest absolute Gasteiger partial charge is 0.366 e. The van der Waals surface area contributed by atoms with Gasteiger partial charge in [0.2, 0.25) is 5.91 Å². The Labute approximate surface area is 105 Å². The van der Waals surface area contributed by atoms with E-state index in [2.05, 4.69) is 0 Å². The Balaban J connectivity index is 2.74. The van der Waals surface area contributed by atoms with Crippen LogP contribution in [0.15, 0.2) is 42.5 Å². The molecule has 1 amide bonds. The van der Waals surface area contributed by atoms with E-state index in [-0.39, 0.29) is 0 Å². The fourth-order valence-electron chi connectivity index (χ4n) is 1.87. The average Bonchev–Trinajstić information content (AvgIpc) is 2.33. The van der Waals surface area contributed by atoms with Crippen LogP contribution in [0, 0.1) is 6.92 Å². The van der Waals surface area contributed by atoms with Gasteiger partial charge < -0.3 is 5.73 Å². The van der Waals surface area contributed by atoms with Gasteiger partial charge in [-0.3, -0.25) is 4.79 Å². The van der Waals surface area contributed by atoms with Crippen molar-refractivity contribution >= 4 is 17.5 Å². The summed E-state index contributed by atoms with van der Waals surface area (Å²) in [6, 6.07) is 13.0. The lowest BCUT2D eigenvalue weighted by Gasteiger charge is -2.12. The van der Waals surface area contributed by atoms with E-state index in [9.17, 15) is 4.79 Å². The van der Waals surface area contributed by atoms with Crippen molar-refractivity contribution < 1.29 is 4.79 Å². The fraction of sp³-hybridized carbons (Fsp3) is 0.0714. The molecule has 2 aromatic carbocycles. The van der Waals surface area contributed by atoms with Gasteiger partial charge >= 0.3 is 0 Å². The second kappa shape index (κ2) is 4.60. The normalized spacial score (nSPS) is 10.2. The smallest absolute Gasteiger partial charge is 0.249 e. The summed E-state index contributed by atoms with van der Waals surface area (Å²) in [5.74, 6) is -0.441. The summed E-state index contributed by atoms with van der Waals surface area (Å²) in [5.41, 5.74) is 8.51. The molecule has 0 atom stereocenters. The van der Waals surface area contributed by atoms with Gasteiger partial charge in [-0.25, -0.2) is 0 Å². The molecular weight excluding hydrogens is 234 g/mol. The summed E-state index contributed by atoms with van der Waals surface area (Å²) in [7, 11) is 0. The van der Waals surface area contributed by atoms with Crippen LogP contribution in [-0.2, 0) is 0 Å². The Bertz CT molecular complexity index is 564. The van der Waals surface area contributed by atoms with Crippen LogP contribution in [0.3, 0.4) is 0 Å². The summed E-state index contributed by atoms with van der Waals surface area (Å²) >= 11 is 6.09. The number of halogens is 1. The molecule has 0 radical (unpaired) electrons. The second-order valence-electron chi connectivity index (χ2n) is 3.83. The Morgan fingerprint density at radius 3 is 2.35 bits per heavy atom. The molecule has 0 unspecified atom stereocenters. The number of hydrogen-bond donors (Lipinski definition) is 1. The maximum atomic E-state index is 11.4. The van der Waals surface area contributed by atoms with Gasteiger partial charge in [0.15, 0.2) is 0 Å². The number of benzene rings is 2. The summed E-state index contributed by atoms with van der Waals surface area (Å²) in [5, 5.41) is 0.633. The van der Waals surface area contributed by atoms with Crippen molar-refractivity contribution in [2.24, 2.45) is 5.73 Å². The van der Waals surface area contributed by atoms with Crippen molar-refractivity contribution in [2.45, 2.75) is 6.92 Å². The van der Waals surface area contributed by atoms with Crippen LogP contribution in [0.25, 0.3) is 11.1 Å². The molecule has 0 aliphatic rings. The first-order chi connectivity index (χ1) is 8.11. The molecule has 0 saturated carbocycles. The molecule has 2 rings (SSSR count). The zero-order valence-corrected chi connectivity index (χ0v) is 10.2. The maximum absolute atomic E-state index is 11.4. The van der Waals surface area contributed by atoms with Gasteiger partial charge in [-0.05, 0) is 35.7 Å². The van der Waals surface area contributed by atoms with Gasteiger partial charge in [-0.15, -0.1) is 0 Å². The van der Waals surface area contributed by atoms with Gasteiger partial charge in [-0.2, -0.15) is 0 Å². The molecule has 0 aliphatic carbocycles. The van der Waals surface area contributed by atoms with Crippen LogP contribution in [0.1, 0.15) is 15.9 Å². The topological polar surface area (TPSA) is 43.1 Å². The van der Waals surface area contributed by atoms with Crippen molar-refractivity contribution in [3.63, 3.8) is 0 Å². The van der Waals surface area contributed by atoms with E-state index in [0.717, 1.165) is 16.7 Å². The van der Waals surface area contributed by atoms with E-state index >= 15 is 0 Å². The molecule has 0 spiro atoms. The molecule has 86 valence electrons. The molecule has 17 heavy (non-hydrogen) atoms. The Morgan fingerprint density at radius 2 is 1.76 bits per heavy atom. The summed E-state index contributed by atoms with van der Waals surface area (Å²) in [6.07, 6.45) is 0. The van der Waals surface area contributed by atoms with Gasteiger partial charge in [0, 0.05) is 10.6 Å². The average molecular weight is 246 g/mol. The highest BCUT2D eigenvalue weighted by atomic mass is 35.5. The molecule has 0 saturated heterocycles. The molecule has 2 nitrogen and oxygen atoms in total. The lowest BCUT2D eigenvalue weighted by atomic mass is 9.95. The maximum Gasteiger partial charge on any atom is 0.249 e. The Hall–Kier alpha value is -1.80. The van der Waals surface area contributed by atoms with Crippen LogP contribution >= 0.6 is 11.6 Å². The van der Waals surface area contributed by atoms with Crippen molar-refractivity contribution in [2.75, 3.05) is 0 Å². The first-order valence-corrected chi connectivity index (χ1v) is 5.63. The van der Waals surface area contributed by atoms with Crippen LogP contribution in [-0.4, -0.2) is 5.91 Å². The zero-order chi connectivity index (χ0) is 12.4. The number of hydrogen-bond acceptors (Lipinski definition) is 1. The summed E-state index contributed by atoms with van der Waals surface area (Å²) in [4.78, 5) is 11.4. The molecule has 3 heteroatoms. The van der Waals surface area contributed by atoms with E-state index in [0.29, 0.717) is 10.6 Å². The number of carbonyl (C=O) groups is 1. The third-order valence-corrected chi connectivity index (χ3v) is 3.14. The molecular formula is C14H12ClNO. The van der Waals surface area contributed by atoms with Crippen molar-refractivity contribution in [3.05, 3.63) is 58.6 Å². The van der Waals surface area contributed by atoms with Crippen LogP contribution < -0.4 is 5.73 Å². The van der Waals surface area contributed by atoms with E-state index in [4.69, 9.17) is 17.3 Å². The highest BCUT2D eigenvalue weighted by molar-refractivity contribution is 6.32. The Kier molecular flexibility index (Phi) is 3.16. The van der Waals surface area contributed by atoms with E-state index in [1.165, 1.54) is 0 Å². The van der Waals surface area contributed by atoms with Crippen LogP contribution in [0.4, 0.5) is 0 Å². The van der Waals surface area contributed by atoms with Gasteiger partial charge in [0.1, 0.15) is 0 Å². The predicted molar refractivity (Wildman–Crippen MR) is 70.1 cm³/mol. The lowest BCUT2D eigenvalue weighted by Crippen LogP contribution is -2.13. The first-order valence-electron chi connectivity index (χ1n) is 5.25. The summed E-state index contributed by atoms with van der Waals surface area (Å²) in [6.45, 7) is 1.89. The van der Waals surface area contributed by atoms with Gasteiger partial charge in [-0.1, -0.05) is 41.9 Å².